The summed E-state index contributed by atoms with van der Waals surface area (Å²) in [7, 11) is 0. The number of pyridine rings is 1. The zero-order valence-electron chi connectivity index (χ0n) is 13.5. The molecular weight excluding hydrogens is 302 g/mol. The first-order valence-corrected chi connectivity index (χ1v) is 8.35. The van der Waals surface area contributed by atoms with Gasteiger partial charge in [0.05, 0.1) is 0 Å². The van der Waals surface area contributed by atoms with Crippen LogP contribution >= 0.6 is 0 Å². The number of amides is 2. The topological polar surface area (TPSA) is 71.1 Å². The molecule has 5 nitrogen and oxygen atoms in total. The van der Waals surface area contributed by atoms with Crippen molar-refractivity contribution < 1.29 is 9.59 Å². The number of carbonyl (C=O) groups excluding carboxylic acids is 2. The molecule has 1 aromatic carbocycles. The molecular formula is C19H21N3O2. The van der Waals surface area contributed by atoms with Crippen molar-refractivity contribution in [3.63, 3.8) is 0 Å². The second kappa shape index (κ2) is 7.73. The van der Waals surface area contributed by atoms with Gasteiger partial charge in [0.1, 0.15) is 0 Å². The molecule has 0 saturated heterocycles. The molecule has 0 aliphatic heterocycles. The zero-order valence-corrected chi connectivity index (χ0v) is 13.5. The third-order valence-electron chi connectivity index (χ3n) is 4.48. The molecule has 3 rings (SSSR count). The van der Waals surface area contributed by atoms with Crippen molar-refractivity contribution in [2.75, 3.05) is 0 Å². The molecule has 0 radical (unpaired) electrons. The fourth-order valence-electron chi connectivity index (χ4n) is 3.10. The van der Waals surface area contributed by atoms with Crippen molar-refractivity contribution in [3.8, 4) is 0 Å². The van der Waals surface area contributed by atoms with Gasteiger partial charge in [-0.2, -0.15) is 0 Å². The van der Waals surface area contributed by atoms with Gasteiger partial charge in [-0.25, -0.2) is 0 Å². The fourth-order valence-corrected chi connectivity index (χ4v) is 3.10. The summed E-state index contributed by atoms with van der Waals surface area (Å²) in [4.78, 5) is 27.9. The number of aromatic nitrogens is 1. The minimum absolute atomic E-state index is 0.326. The van der Waals surface area contributed by atoms with Crippen LogP contribution in [-0.2, 0) is 0 Å². The van der Waals surface area contributed by atoms with Gasteiger partial charge in [0.15, 0.2) is 0 Å². The second-order valence-electron chi connectivity index (χ2n) is 6.10. The van der Waals surface area contributed by atoms with Gasteiger partial charge in [0.2, 0.25) is 0 Å². The second-order valence-corrected chi connectivity index (χ2v) is 6.10. The highest BCUT2D eigenvalue weighted by molar-refractivity contribution is 5.98. The summed E-state index contributed by atoms with van der Waals surface area (Å²) in [5.41, 5.74) is 7.12. The number of hydrazine groups is 1. The van der Waals surface area contributed by atoms with Gasteiger partial charge in [-0.15, -0.1) is 0 Å². The van der Waals surface area contributed by atoms with E-state index >= 15 is 0 Å². The van der Waals surface area contributed by atoms with E-state index in [-0.39, 0.29) is 11.8 Å². The lowest BCUT2D eigenvalue weighted by molar-refractivity contribution is 0.0846. The summed E-state index contributed by atoms with van der Waals surface area (Å²) in [5, 5.41) is 0. The van der Waals surface area contributed by atoms with E-state index in [0.717, 1.165) is 0 Å². The van der Waals surface area contributed by atoms with Gasteiger partial charge in [-0.05, 0) is 48.6 Å². The van der Waals surface area contributed by atoms with Gasteiger partial charge in [0, 0.05) is 23.5 Å². The van der Waals surface area contributed by atoms with E-state index in [1.165, 1.54) is 50.1 Å². The average Bonchev–Trinajstić information content (AvgIpc) is 2.67. The van der Waals surface area contributed by atoms with Crippen molar-refractivity contribution in [2.24, 2.45) is 0 Å². The van der Waals surface area contributed by atoms with Crippen molar-refractivity contribution >= 4 is 11.8 Å². The van der Waals surface area contributed by atoms with Gasteiger partial charge in [0.25, 0.3) is 11.8 Å². The van der Waals surface area contributed by atoms with Crippen molar-refractivity contribution in [3.05, 3.63) is 65.5 Å². The normalized spacial score (nSPS) is 14.8. The fraction of sp³-hybridized carbons (Fsp3) is 0.316. The van der Waals surface area contributed by atoms with E-state index in [1.807, 2.05) is 24.3 Å². The van der Waals surface area contributed by atoms with Crippen LogP contribution in [0.4, 0.5) is 0 Å². The van der Waals surface area contributed by atoms with Crippen LogP contribution in [0.1, 0.15) is 64.3 Å². The Kier molecular flexibility index (Phi) is 5.21. The summed E-state index contributed by atoms with van der Waals surface area (Å²) < 4.78 is 0. The quantitative estimate of drug-likeness (QED) is 0.852. The van der Waals surface area contributed by atoms with Crippen LogP contribution < -0.4 is 10.9 Å². The standard InChI is InChI=1S/C19H21N3O2/c23-18(21-22-19(24)17-10-12-20-13-11-17)16-8-6-15(7-9-16)14-4-2-1-3-5-14/h6-14H,1-5H2,(H,21,23)(H,22,24). The Morgan fingerprint density at radius 1 is 0.792 bits per heavy atom. The molecule has 0 spiro atoms. The molecule has 5 heteroatoms. The summed E-state index contributed by atoms with van der Waals surface area (Å²) in [5.74, 6) is -0.0839. The monoisotopic (exact) mass is 323 g/mol. The Labute approximate surface area is 141 Å². The van der Waals surface area contributed by atoms with Crippen molar-refractivity contribution in [2.45, 2.75) is 38.0 Å². The molecule has 0 atom stereocenters. The third kappa shape index (κ3) is 3.98. The van der Waals surface area contributed by atoms with E-state index in [2.05, 4.69) is 15.8 Å². The Hall–Kier alpha value is -2.69. The first-order valence-electron chi connectivity index (χ1n) is 8.35. The van der Waals surface area contributed by atoms with Gasteiger partial charge < -0.3 is 0 Å². The Morgan fingerprint density at radius 3 is 1.92 bits per heavy atom. The minimum Gasteiger partial charge on any atom is -0.267 e. The summed E-state index contributed by atoms with van der Waals surface area (Å²) >= 11 is 0. The molecule has 0 unspecified atom stereocenters. The molecule has 1 heterocycles. The maximum absolute atomic E-state index is 12.1. The van der Waals surface area contributed by atoms with Crippen LogP contribution in [0.15, 0.2) is 48.8 Å². The first kappa shape index (κ1) is 16.2. The number of rotatable bonds is 3. The number of hydrogen-bond donors (Lipinski definition) is 2. The van der Waals surface area contributed by atoms with E-state index < -0.39 is 0 Å². The lowest BCUT2D eigenvalue weighted by Gasteiger charge is -2.22. The Balaban J connectivity index is 1.56. The molecule has 124 valence electrons. The predicted molar refractivity (Wildman–Crippen MR) is 91.4 cm³/mol. The highest BCUT2D eigenvalue weighted by atomic mass is 16.2. The number of carbonyl (C=O) groups is 2. The molecule has 2 amide bonds. The SMILES string of the molecule is O=C(NNC(=O)c1ccc(C2CCCCC2)cc1)c1ccncc1. The molecule has 2 aromatic rings. The minimum atomic E-state index is -0.371. The smallest absolute Gasteiger partial charge is 0.267 e. The van der Waals surface area contributed by atoms with Crippen LogP contribution in [0.3, 0.4) is 0 Å². The summed E-state index contributed by atoms with van der Waals surface area (Å²) in [6.07, 6.45) is 9.42. The molecule has 1 aliphatic rings. The van der Waals surface area contributed by atoms with Gasteiger partial charge in [-0.1, -0.05) is 31.4 Å². The molecule has 1 aliphatic carbocycles. The number of nitrogens with zero attached hydrogens (tertiary/aromatic N) is 1. The molecule has 1 fully saturated rings. The van der Waals surface area contributed by atoms with Crippen molar-refractivity contribution in [1.29, 1.82) is 0 Å². The Morgan fingerprint density at radius 2 is 1.33 bits per heavy atom. The van der Waals surface area contributed by atoms with Crippen LogP contribution in [0.25, 0.3) is 0 Å². The summed E-state index contributed by atoms with van der Waals surface area (Å²) in [6.45, 7) is 0. The molecule has 1 aromatic heterocycles. The predicted octanol–water partition coefficient (Wildman–Crippen LogP) is 3.20. The van der Waals surface area contributed by atoms with E-state index in [9.17, 15) is 9.59 Å². The third-order valence-corrected chi connectivity index (χ3v) is 4.48. The molecule has 2 N–H and O–H groups in total. The number of benzene rings is 1. The van der Waals surface area contributed by atoms with Crippen LogP contribution in [0, 0.1) is 0 Å². The largest absolute Gasteiger partial charge is 0.269 e. The maximum atomic E-state index is 12.1. The molecule has 1 saturated carbocycles. The zero-order chi connectivity index (χ0) is 16.8. The first-order chi connectivity index (χ1) is 11.7. The average molecular weight is 323 g/mol. The van der Waals surface area contributed by atoms with Crippen molar-refractivity contribution in [1.82, 2.24) is 15.8 Å². The maximum Gasteiger partial charge on any atom is 0.269 e. The lowest BCUT2D eigenvalue weighted by Crippen LogP contribution is -2.41. The number of hydrogen-bond acceptors (Lipinski definition) is 3. The highest BCUT2D eigenvalue weighted by Crippen LogP contribution is 2.32. The van der Waals surface area contributed by atoms with E-state index in [4.69, 9.17) is 0 Å². The van der Waals surface area contributed by atoms with Crippen LogP contribution in [0.2, 0.25) is 0 Å². The Bertz CT molecular complexity index is 692. The number of nitrogens with one attached hydrogen (secondary N) is 2. The van der Waals surface area contributed by atoms with Crippen LogP contribution in [-0.4, -0.2) is 16.8 Å². The van der Waals surface area contributed by atoms with E-state index in [1.54, 1.807) is 12.1 Å². The molecule has 24 heavy (non-hydrogen) atoms. The summed E-state index contributed by atoms with van der Waals surface area (Å²) in [6, 6.07) is 10.8. The molecule has 0 bridgehead atoms. The highest BCUT2D eigenvalue weighted by Gasteiger charge is 2.16. The van der Waals surface area contributed by atoms with E-state index in [0.29, 0.717) is 17.0 Å². The van der Waals surface area contributed by atoms with Crippen LogP contribution in [0.5, 0.6) is 0 Å². The lowest BCUT2D eigenvalue weighted by atomic mass is 9.84. The van der Waals surface area contributed by atoms with Gasteiger partial charge in [-0.3, -0.25) is 25.4 Å². The van der Waals surface area contributed by atoms with Gasteiger partial charge >= 0.3 is 0 Å².